The molecule has 1 aromatic carbocycles. The van der Waals surface area contributed by atoms with E-state index in [1.54, 1.807) is 50.8 Å². The zero-order valence-electron chi connectivity index (χ0n) is 17.3. The van der Waals surface area contributed by atoms with Crippen LogP contribution < -0.4 is 24.4 Å². The molecule has 0 saturated heterocycles. The van der Waals surface area contributed by atoms with Gasteiger partial charge in [0.05, 0.1) is 19.0 Å². The minimum atomic E-state index is -0.265. The number of benzene rings is 1. The summed E-state index contributed by atoms with van der Waals surface area (Å²) >= 11 is 0. The fourth-order valence-corrected chi connectivity index (χ4v) is 2.96. The quantitative estimate of drug-likeness (QED) is 0.457. The third kappa shape index (κ3) is 4.25. The van der Waals surface area contributed by atoms with Crippen molar-refractivity contribution < 1.29 is 28.3 Å². The smallest absolute Gasteiger partial charge is 0.321 e. The van der Waals surface area contributed by atoms with E-state index in [1.165, 1.54) is 11.8 Å². The number of carbonyl (C=O) groups excluding carboxylic acids is 1. The van der Waals surface area contributed by atoms with Gasteiger partial charge in [0.25, 0.3) is 0 Å². The fourth-order valence-electron chi connectivity index (χ4n) is 2.96. The third-order valence-electron chi connectivity index (χ3n) is 4.60. The fraction of sp³-hybridized carbons (Fsp3) is 0.182. The van der Waals surface area contributed by atoms with Crippen LogP contribution in [-0.2, 0) is 6.61 Å². The van der Waals surface area contributed by atoms with Crippen LogP contribution in [0.3, 0.4) is 0 Å². The van der Waals surface area contributed by atoms with Gasteiger partial charge in [0, 0.05) is 23.9 Å². The Morgan fingerprint density at radius 2 is 1.97 bits per heavy atom. The number of oxazole rings is 1. The highest BCUT2D eigenvalue weighted by molar-refractivity contribution is 5.90. The Bertz CT molecular complexity index is 1220. The molecular weight excluding hydrogens is 400 g/mol. The van der Waals surface area contributed by atoms with E-state index in [2.05, 4.69) is 15.3 Å². The van der Waals surface area contributed by atoms with Crippen LogP contribution in [0.1, 0.15) is 16.2 Å². The molecule has 0 bridgehead atoms. The van der Waals surface area contributed by atoms with Gasteiger partial charge < -0.3 is 19.2 Å². The largest absolute Gasteiger partial charge is 0.495 e. The van der Waals surface area contributed by atoms with E-state index in [1.807, 2.05) is 18.2 Å². The molecule has 4 aromatic rings. The molecule has 9 nitrogen and oxygen atoms in total. The van der Waals surface area contributed by atoms with E-state index in [4.69, 9.17) is 18.7 Å². The number of nitrogens with one attached hydrogen (secondary N) is 1. The molecule has 0 fully saturated rings. The van der Waals surface area contributed by atoms with Crippen molar-refractivity contribution in [1.29, 1.82) is 0 Å². The number of rotatable bonds is 7. The first-order valence-corrected chi connectivity index (χ1v) is 9.46. The average Bonchev–Trinajstić information content (AvgIpc) is 3.25. The van der Waals surface area contributed by atoms with Crippen LogP contribution in [0.15, 0.2) is 59.3 Å². The van der Waals surface area contributed by atoms with Crippen molar-refractivity contribution in [3.8, 4) is 23.0 Å². The normalized spacial score (nSPS) is 10.7. The molecule has 0 aliphatic heterocycles. The molecule has 3 heterocycles. The minimum Gasteiger partial charge on any atom is -0.495 e. The molecule has 158 valence electrons. The Hall–Kier alpha value is -4.14. The highest BCUT2D eigenvalue weighted by atomic mass is 16.6. The lowest BCUT2D eigenvalue weighted by molar-refractivity contribution is -0.886. The molecule has 0 aliphatic rings. The molecule has 1 N–H and O–H groups in total. The zero-order valence-corrected chi connectivity index (χ0v) is 17.3. The Morgan fingerprint density at radius 3 is 2.68 bits per heavy atom. The molecule has 0 radical (unpaired) electrons. The summed E-state index contributed by atoms with van der Waals surface area (Å²) in [5.41, 5.74) is 3.06. The molecule has 0 saturated carbocycles. The van der Waals surface area contributed by atoms with Crippen molar-refractivity contribution in [2.75, 3.05) is 21.3 Å². The number of fused-ring (bicyclic) bond motifs is 1. The summed E-state index contributed by atoms with van der Waals surface area (Å²) in [6.45, 7) is 0.314. The maximum atomic E-state index is 11.9. The molecule has 4 rings (SSSR count). The van der Waals surface area contributed by atoms with Gasteiger partial charge in [0.2, 0.25) is 12.1 Å². The van der Waals surface area contributed by atoms with Gasteiger partial charge in [-0.25, -0.2) is 4.98 Å². The number of carbonyl (C=O) groups is 1. The van der Waals surface area contributed by atoms with Gasteiger partial charge in [-0.05, 0) is 30.3 Å². The van der Waals surface area contributed by atoms with Crippen LogP contribution >= 0.6 is 0 Å². The van der Waals surface area contributed by atoms with Crippen LogP contribution in [-0.4, -0.2) is 37.1 Å². The standard InChI is InChI=1S/C22H20N4O5/c1-23-21(27)19-8-4-14(12-26(19)29-3)22-25-18-10-16(7-9-20(18)31-22)30-13-15-5-6-17(28-2)11-24-15/h4-12H,13H2,1-3H3/p+1. The van der Waals surface area contributed by atoms with E-state index < -0.39 is 0 Å². The summed E-state index contributed by atoms with van der Waals surface area (Å²) in [4.78, 5) is 26.0. The van der Waals surface area contributed by atoms with E-state index in [9.17, 15) is 4.79 Å². The number of amides is 1. The van der Waals surface area contributed by atoms with E-state index in [0.29, 0.717) is 46.4 Å². The van der Waals surface area contributed by atoms with Crippen molar-refractivity contribution in [2.24, 2.45) is 0 Å². The average molecular weight is 421 g/mol. The predicted molar refractivity (Wildman–Crippen MR) is 111 cm³/mol. The zero-order chi connectivity index (χ0) is 21.8. The molecule has 0 spiro atoms. The van der Waals surface area contributed by atoms with Gasteiger partial charge in [-0.2, -0.15) is 0 Å². The molecule has 9 heteroatoms. The minimum absolute atomic E-state index is 0.265. The van der Waals surface area contributed by atoms with Crippen molar-refractivity contribution in [3.05, 3.63) is 66.2 Å². The van der Waals surface area contributed by atoms with Crippen LogP contribution in [0.25, 0.3) is 22.6 Å². The van der Waals surface area contributed by atoms with Gasteiger partial charge in [0.1, 0.15) is 36.3 Å². The number of methoxy groups -OCH3 is 1. The lowest BCUT2D eigenvalue weighted by atomic mass is 10.2. The highest BCUT2D eigenvalue weighted by Crippen LogP contribution is 2.27. The number of hydrogen-bond donors (Lipinski definition) is 1. The Kier molecular flexibility index (Phi) is 5.65. The number of ether oxygens (including phenoxy) is 2. The first-order chi connectivity index (χ1) is 15.1. The predicted octanol–water partition coefficient (Wildman–Crippen LogP) is 2.18. The molecule has 0 aliphatic carbocycles. The monoisotopic (exact) mass is 421 g/mol. The molecule has 1 amide bonds. The molecule has 0 unspecified atom stereocenters. The topological polar surface area (TPSA) is 99.6 Å². The van der Waals surface area contributed by atoms with Crippen LogP contribution in [0.5, 0.6) is 11.5 Å². The summed E-state index contributed by atoms with van der Waals surface area (Å²) in [5, 5.41) is 2.57. The summed E-state index contributed by atoms with van der Waals surface area (Å²) in [6.07, 6.45) is 3.29. The van der Waals surface area contributed by atoms with Gasteiger partial charge in [0.15, 0.2) is 5.58 Å². The molecule has 0 atom stereocenters. The number of nitrogens with zero attached hydrogens (tertiary/aromatic N) is 3. The first-order valence-electron chi connectivity index (χ1n) is 9.46. The second-order valence-electron chi connectivity index (χ2n) is 6.52. The summed E-state index contributed by atoms with van der Waals surface area (Å²) in [6, 6.07) is 12.5. The Balaban J connectivity index is 1.55. The third-order valence-corrected chi connectivity index (χ3v) is 4.60. The molecule has 31 heavy (non-hydrogen) atoms. The summed E-state index contributed by atoms with van der Waals surface area (Å²) in [5.74, 6) is 1.47. The summed E-state index contributed by atoms with van der Waals surface area (Å²) < 4.78 is 18.2. The van der Waals surface area contributed by atoms with E-state index in [0.717, 1.165) is 5.69 Å². The summed E-state index contributed by atoms with van der Waals surface area (Å²) in [7, 11) is 4.63. The second kappa shape index (κ2) is 8.70. The number of hydrogen-bond acceptors (Lipinski definition) is 7. The van der Waals surface area contributed by atoms with Gasteiger partial charge in [-0.1, -0.05) is 0 Å². The molecule has 3 aromatic heterocycles. The SMILES string of the molecule is CNC(=O)c1ccc(-c2nc3cc(OCc4ccc(OC)cn4)ccc3o2)c[n+]1OC. The lowest BCUT2D eigenvalue weighted by Gasteiger charge is -2.06. The van der Waals surface area contributed by atoms with Crippen molar-refractivity contribution in [2.45, 2.75) is 6.61 Å². The maximum Gasteiger partial charge on any atom is 0.321 e. The van der Waals surface area contributed by atoms with Gasteiger partial charge in [-0.15, -0.1) is 0 Å². The van der Waals surface area contributed by atoms with Crippen molar-refractivity contribution in [3.63, 3.8) is 0 Å². The lowest BCUT2D eigenvalue weighted by Crippen LogP contribution is -2.48. The van der Waals surface area contributed by atoms with E-state index >= 15 is 0 Å². The van der Waals surface area contributed by atoms with Gasteiger partial charge >= 0.3 is 11.6 Å². The van der Waals surface area contributed by atoms with Crippen LogP contribution in [0, 0.1) is 0 Å². The van der Waals surface area contributed by atoms with Crippen LogP contribution in [0.4, 0.5) is 0 Å². The molecular formula is C22H21N4O5+. The maximum absolute atomic E-state index is 11.9. The number of aromatic nitrogens is 3. The highest BCUT2D eigenvalue weighted by Gasteiger charge is 2.22. The Labute approximate surface area is 178 Å². The Morgan fingerprint density at radius 1 is 1.13 bits per heavy atom. The van der Waals surface area contributed by atoms with Crippen molar-refractivity contribution >= 4 is 17.0 Å². The van der Waals surface area contributed by atoms with Crippen molar-refractivity contribution in [1.82, 2.24) is 15.3 Å². The first kappa shape index (κ1) is 20.1. The number of pyridine rings is 2. The van der Waals surface area contributed by atoms with E-state index in [-0.39, 0.29) is 5.91 Å². The van der Waals surface area contributed by atoms with Crippen LogP contribution in [0.2, 0.25) is 0 Å². The second-order valence-corrected chi connectivity index (χ2v) is 6.52. The van der Waals surface area contributed by atoms with Gasteiger partial charge in [-0.3, -0.25) is 14.6 Å².